The Morgan fingerprint density at radius 1 is 1.36 bits per heavy atom. The van der Waals surface area contributed by atoms with E-state index in [2.05, 4.69) is 54.1 Å². The van der Waals surface area contributed by atoms with Crippen molar-refractivity contribution in [2.45, 2.75) is 32.6 Å². The normalized spacial score (nSPS) is 18.6. The first-order valence-electron chi connectivity index (χ1n) is 5.23. The molecule has 0 saturated heterocycles. The lowest BCUT2D eigenvalue weighted by Gasteiger charge is -2.10. The van der Waals surface area contributed by atoms with Gasteiger partial charge in [0.1, 0.15) is 0 Å². The lowest BCUT2D eigenvalue weighted by atomic mass is 9.99. The van der Waals surface area contributed by atoms with E-state index >= 15 is 0 Å². The minimum Gasteiger partial charge on any atom is -0.0766 e. The fraction of sp³-hybridized carbons (Fsp3) is 0.385. The lowest BCUT2D eigenvalue weighted by molar-refractivity contribution is 0.913. The number of halogens is 1. The summed E-state index contributed by atoms with van der Waals surface area (Å²) >= 11 is 3.67. The molecule has 1 unspecified atom stereocenters. The molecule has 1 atom stereocenters. The molecule has 1 aliphatic carbocycles. The molecule has 1 aromatic carbocycles. The van der Waals surface area contributed by atoms with E-state index < -0.39 is 0 Å². The number of hydrogen-bond donors (Lipinski definition) is 0. The maximum atomic E-state index is 3.67. The summed E-state index contributed by atoms with van der Waals surface area (Å²) in [5.74, 6) is 0.565. The molecule has 2 rings (SSSR count). The van der Waals surface area contributed by atoms with Crippen molar-refractivity contribution in [2.24, 2.45) is 0 Å². The number of rotatable bonds is 2. The Morgan fingerprint density at radius 3 is 2.86 bits per heavy atom. The SMILES string of the molecule is CCCc1cc(Br)c2c(c1)C=CC2C. The molecule has 1 aromatic rings. The Labute approximate surface area is 94.2 Å². The molecule has 0 nitrogen and oxygen atoms in total. The third-order valence-corrected chi connectivity index (χ3v) is 3.44. The Balaban J connectivity index is 2.45. The van der Waals surface area contributed by atoms with Crippen LogP contribution in [0.4, 0.5) is 0 Å². The summed E-state index contributed by atoms with van der Waals surface area (Å²) in [5.41, 5.74) is 4.29. The van der Waals surface area contributed by atoms with Crippen molar-refractivity contribution in [1.82, 2.24) is 0 Å². The fourth-order valence-electron chi connectivity index (χ4n) is 2.09. The summed E-state index contributed by atoms with van der Waals surface area (Å²) < 4.78 is 1.27. The molecule has 0 aromatic heterocycles. The molecule has 0 fully saturated rings. The molecule has 0 saturated carbocycles. The predicted octanol–water partition coefficient (Wildman–Crippen LogP) is 4.53. The highest BCUT2D eigenvalue weighted by Gasteiger charge is 2.16. The first-order valence-corrected chi connectivity index (χ1v) is 6.02. The van der Waals surface area contributed by atoms with Crippen molar-refractivity contribution < 1.29 is 0 Å². The zero-order chi connectivity index (χ0) is 10.1. The molecule has 0 radical (unpaired) electrons. The fourth-order valence-corrected chi connectivity index (χ4v) is 2.98. The van der Waals surface area contributed by atoms with Crippen molar-refractivity contribution in [2.75, 3.05) is 0 Å². The number of benzene rings is 1. The van der Waals surface area contributed by atoms with Crippen molar-refractivity contribution >= 4 is 22.0 Å². The summed E-state index contributed by atoms with van der Waals surface area (Å²) in [6.07, 6.45) is 6.90. The summed E-state index contributed by atoms with van der Waals surface area (Å²) in [6, 6.07) is 4.59. The minimum atomic E-state index is 0.565. The van der Waals surface area contributed by atoms with Crippen LogP contribution < -0.4 is 0 Å². The Hall–Kier alpha value is -0.560. The van der Waals surface area contributed by atoms with Crippen molar-refractivity contribution in [3.63, 3.8) is 0 Å². The van der Waals surface area contributed by atoms with E-state index in [1.165, 1.54) is 34.0 Å². The predicted molar refractivity (Wildman–Crippen MR) is 65.6 cm³/mol. The molecule has 1 heteroatoms. The van der Waals surface area contributed by atoms with Crippen molar-refractivity contribution in [3.8, 4) is 0 Å². The third-order valence-electron chi connectivity index (χ3n) is 2.78. The van der Waals surface area contributed by atoms with E-state index in [0.29, 0.717) is 5.92 Å². The number of fused-ring (bicyclic) bond motifs is 1. The Kier molecular flexibility index (Phi) is 2.78. The van der Waals surface area contributed by atoms with Gasteiger partial charge >= 0.3 is 0 Å². The van der Waals surface area contributed by atoms with Gasteiger partial charge in [-0.25, -0.2) is 0 Å². The van der Waals surface area contributed by atoms with Gasteiger partial charge in [0, 0.05) is 10.4 Å². The Morgan fingerprint density at radius 2 is 2.14 bits per heavy atom. The van der Waals surface area contributed by atoms with Gasteiger partial charge in [-0.3, -0.25) is 0 Å². The highest BCUT2D eigenvalue weighted by molar-refractivity contribution is 9.10. The highest BCUT2D eigenvalue weighted by Crippen LogP contribution is 2.36. The van der Waals surface area contributed by atoms with E-state index in [1.54, 1.807) is 0 Å². The van der Waals surface area contributed by atoms with E-state index in [-0.39, 0.29) is 0 Å². The zero-order valence-corrected chi connectivity index (χ0v) is 10.3. The molecule has 1 aliphatic rings. The van der Waals surface area contributed by atoms with Crippen LogP contribution in [0.15, 0.2) is 22.7 Å². The first-order chi connectivity index (χ1) is 6.72. The van der Waals surface area contributed by atoms with Crippen molar-refractivity contribution in [3.05, 3.63) is 39.4 Å². The minimum absolute atomic E-state index is 0.565. The van der Waals surface area contributed by atoms with E-state index in [9.17, 15) is 0 Å². The van der Waals surface area contributed by atoms with Crippen LogP contribution in [0, 0.1) is 0 Å². The van der Waals surface area contributed by atoms with Crippen LogP contribution in [-0.4, -0.2) is 0 Å². The van der Waals surface area contributed by atoms with Crippen LogP contribution in [0.2, 0.25) is 0 Å². The van der Waals surface area contributed by atoms with Gasteiger partial charge in [0.2, 0.25) is 0 Å². The summed E-state index contributed by atoms with van der Waals surface area (Å²) in [4.78, 5) is 0. The van der Waals surface area contributed by atoms with Gasteiger partial charge in [-0.15, -0.1) is 0 Å². The Bertz CT molecular complexity index is 377. The average Bonchev–Trinajstić information content (AvgIpc) is 2.48. The van der Waals surface area contributed by atoms with Crippen LogP contribution in [0.3, 0.4) is 0 Å². The maximum Gasteiger partial charge on any atom is 0.0221 e. The van der Waals surface area contributed by atoms with Crippen LogP contribution in [0.25, 0.3) is 6.08 Å². The van der Waals surface area contributed by atoms with Crippen molar-refractivity contribution in [1.29, 1.82) is 0 Å². The maximum absolute atomic E-state index is 3.67. The van der Waals surface area contributed by atoms with Crippen LogP contribution in [-0.2, 0) is 6.42 Å². The third kappa shape index (κ3) is 1.66. The number of aryl methyl sites for hydroxylation is 1. The van der Waals surface area contributed by atoms with Crippen LogP contribution in [0.1, 0.15) is 42.9 Å². The molecular weight excluding hydrogens is 236 g/mol. The largest absolute Gasteiger partial charge is 0.0766 e. The van der Waals surface area contributed by atoms with Crippen LogP contribution >= 0.6 is 15.9 Å². The molecule has 14 heavy (non-hydrogen) atoms. The van der Waals surface area contributed by atoms with Gasteiger partial charge in [0.15, 0.2) is 0 Å². The molecule has 0 amide bonds. The second-order valence-corrected chi connectivity index (χ2v) is 4.83. The van der Waals surface area contributed by atoms with E-state index in [1.807, 2.05) is 0 Å². The molecule has 0 heterocycles. The monoisotopic (exact) mass is 250 g/mol. The van der Waals surface area contributed by atoms with Gasteiger partial charge in [0.25, 0.3) is 0 Å². The number of hydrogen-bond acceptors (Lipinski definition) is 0. The second-order valence-electron chi connectivity index (χ2n) is 3.98. The highest BCUT2D eigenvalue weighted by atomic mass is 79.9. The summed E-state index contributed by atoms with van der Waals surface area (Å²) in [7, 11) is 0. The zero-order valence-electron chi connectivity index (χ0n) is 8.68. The quantitative estimate of drug-likeness (QED) is 0.724. The van der Waals surface area contributed by atoms with Gasteiger partial charge in [-0.1, -0.05) is 54.4 Å². The van der Waals surface area contributed by atoms with Gasteiger partial charge < -0.3 is 0 Å². The standard InChI is InChI=1S/C13H15Br/c1-3-4-10-7-11-6-5-9(2)13(11)12(14)8-10/h5-9H,3-4H2,1-2H3. The van der Waals surface area contributed by atoms with Gasteiger partial charge in [0.05, 0.1) is 0 Å². The molecular formula is C13H15Br. The lowest BCUT2D eigenvalue weighted by Crippen LogP contribution is -1.92. The van der Waals surface area contributed by atoms with Crippen LogP contribution in [0.5, 0.6) is 0 Å². The van der Waals surface area contributed by atoms with E-state index in [4.69, 9.17) is 0 Å². The molecule has 0 N–H and O–H groups in total. The second kappa shape index (κ2) is 3.90. The molecule has 74 valence electrons. The summed E-state index contributed by atoms with van der Waals surface area (Å²) in [6.45, 7) is 4.46. The smallest absolute Gasteiger partial charge is 0.0221 e. The molecule has 0 spiro atoms. The molecule has 0 aliphatic heterocycles. The number of allylic oxidation sites excluding steroid dienone is 1. The summed E-state index contributed by atoms with van der Waals surface area (Å²) in [5, 5.41) is 0. The topological polar surface area (TPSA) is 0 Å². The molecule has 0 bridgehead atoms. The van der Waals surface area contributed by atoms with Gasteiger partial charge in [-0.05, 0) is 29.2 Å². The first kappa shape index (κ1) is 9.97. The average molecular weight is 251 g/mol. The van der Waals surface area contributed by atoms with Gasteiger partial charge in [-0.2, -0.15) is 0 Å². The van der Waals surface area contributed by atoms with E-state index in [0.717, 1.165) is 0 Å².